The number of carbonyl (C=O) groups excluding carboxylic acids is 1. The smallest absolute Gasteiger partial charge is 0.277 e. The molecule has 1 aromatic heterocycles. The molecule has 6 nitrogen and oxygen atoms in total. The molecule has 0 aliphatic rings. The van der Waals surface area contributed by atoms with Crippen molar-refractivity contribution in [2.75, 3.05) is 6.61 Å². The maximum atomic E-state index is 12.2. The number of para-hydroxylation sites is 1. The third-order valence-corrected chi connectivity index (χ3v) is 4.92. The van der Waals surface area contributed by atoms with Crippen molar-refractivity contribution < 1.29 is 9.53 Å². The van der Waals surface area contributed by atoms with E-state index in [1.54, 1.807) is 12.4 Å². The molecule has 0 aliphatic heterocycles. The molecule has 0 radical (unpaired) electrons. The summed E-state index contributed by atoms with van der Waals surface area (Å²) in [6, 6.07) is 26.9. The molecule has 0 fully saturated rings. The van der Waals surface area contributed by atoms with E-state index in [0.29, 0.717) is 5.75 Å². The fraction of sp³-hybridized carbons (Fsp3) is 0.0417. The number of benzene rings is 3. The Morgan fingerprint density at radius 3 is 2.55 bits per heavy atom. The minimum atomic E-state index is -0.349. The van der Waals surface area contributed by atoms with Gasteiger partial charge < -0.3 is 4.74 Å². The number of ether oxygens (including phenoxy) is 1. The molecule has 0 saturated carbocycles. The highest BCUT2D eigenvalue weighted by Crippen LogP contribution is 2.33. The Morgan fingerprint density at radius 2 is 1.77 bits per heavy atom. The van der Waals surface area contributed by atoms with Crippen molar-refractivity contribution in [3.8, 4) is 22.7 Å². The van der Waals surface area contributed by atoms with Gasteiger partial charge in [-0.25, -0.2) is 10.1 Å². The molecule has 1 heterocycles. The number of halogens is 1. The summed E-state index contributed by atoms with van der Waals surface area (Å²) in [4.78, 5) is 12.2. The molecule has 1 N–H and O–H groups in total. The molecule has 1 amide bonds. The summed E-state index contributed by atoms with van der Waals surface area (Å²) in [5.74, 6) is 0.223. The van der Waals surface area contributed by atoms with Crippen molar-refractivity contribution in [3.05, 3.63) is 101 Å². The van der Waals surface area contributed by atoms with E-state index < -0.39 is 0 Å². The van der Waals surface area contributed by atoms with Crippen LogP contribution in [0.25, 0.3) is 16.9 Å². The lowest BCUT2D eigenvalue weighted by molar-refractivity contribution is -0.123. The molecule has 154 valence electrons. The molecule has 0 saturated heterocycles. The number of rotatable bonds is 7. The summed E-state index contributed by atoms with van der Waals surface area (Å²) in [5.41, 5.74) is 5.98. The van der Waals surface area contributed by atoms with Gasteiger partial charge in [0.2, 0.25) is 0 Å². The second-order valence-corrected chi connectivity index (χ2v) is 7.51. The van der Waals surface area contributed by atoms with Gasteiger partial charge in [-0.3, -0.25) is 4.79 Å². The molecule has 4 rings (SSSR count). The van der Waals surface area contributed by atoms with Gasteiger partial charge in [-0.05, 0) is 42.0 Å². The number of hydrogen-bond donors (Lipinski definition) is 1. The number of carbonyl (C=O) groups is 1. The van der Waals surface area contributed by atoms with Gasteiger partial charge in [-0.15, -0.1) is 0 Å². The topological polar surface area (TPSA) is 68.5 Å². The molecule has 4 aromatic rings. The highest BCUT2D eigenvalue weighted by atomic mass is 79.9. The zero-order chi connectivity index (χ0) is 21.5. The molecular weight excluding hydrogens is 456 g/mol. The lowest BCUT2D eigenvalue weighted by atomic mass is 10.1. The van der Waals surface area contributed by atoms with Crippen LogP contribution in [0.3, 0.4) is 0 Å². The number of hydrazone groups is 1. The fourth-order valence-electron chi connectivity index (χ4n) is 3.00. The monoisotopic (exact) mass is 474 g/mol. The Kier molecular flexibility index (Phi) is 6.54. The molecule has 0 bridgehead atoms. The largest absolute Gasteiger partial charge is 0.483 e. The summed E-state index contributed by atoms with van der Waals surface area (Å²) >= 11 is 3.52. The lowest BCUT2D eigenvalue weighted by Crippen LogP contribution is -2.24. The van der Waals surface area contributed by atoms with E-state index in [-0.39, 0.29) is 12.5 Å². The second kappa shape index (κ2) is 9.86. The van der Waals surface area contributed by atoms with E-state index in [4.69, 9.17) is 4.74 Å². The van der Waals surface area contributed by atoms with Crippen LogP contribution >= 0.6 is 15.9 Å². The van der Waals surface area contributed by atoms with E-state index in [9.17, 15) is 4.79 Å². The average Bonchev–Trinajstić information content (AvgIpc) is 3.29. The SMILES string of the molecule is O=C(COc1ccc(Br)cc1-c1ccnn1-c1ccccc1)N/N=C/c1ccccc1. The minimum Gasteiger partial charge on any atom is -0.483 e. The normalized spacial score (nSPS) is 10.9. The Bertz CT molecular complexity index is 1190. The lowest BCUT2D eigenvalue weighted by Gasteiger charge is -2.13. The van der Waals surface area contributed by atoms with Gasteiger partial charge in [-0.1, -0.05) is 64.5 Å². The number of nitrogens with zero attached hydrogens (tertiary/aromatic N) is 3. The van der Waals surface area contributed by atoms with Crippen LogP contribution < -0.4 is 10.2 Å². The third kappa shape index (κ3) is 5.26. The molecule has 7 heteroatoms. The van der Waals surface area contributed by atoms with Gasteiger partial charge in [0.25, 0.3) is 5.91 Å². The summed E-state index contributed by atoms with van der Waals surface area (Å²) < 4.78 is 8.55. The molecule has 31 heavy (non-hydrogen) atoms. The molecule has 0 spiro atoms. The Morgan fingerprint density at radius 1 is 1.03 bits per heavy atom. The Labute approximate surface area is 188 Å². The van der Waals surface area contributed by atoms with Crippen molar-refractivity contribution in [2.24, 2.45) is 5.10 Å². The summed E-state index contributed by atoms with van der Waals surface area (Å²) in [6.45, 7) is -0.166. The quantitative estimate of drug-likeness (QED) is 0.308. The van der Waals surface area contributed by atoms with Gasteiger partial charge in [0.15, 0.2) is 6.61 Å². The first-order chi connectivity index (χ1) is 15.2. The zero-order valence-electron chi connectivity index (χ0n) is 16.5. The predicted molar refractivity (Wildman–Crippen MR) is 124 cm³/mol. The molecule has 3 aromatic carbocycles. The Balaban J connectivity index is 1.49. The molecule has 0 aliphatic carbocycles. The number of aromatic nitrogens is 2. The number of amides is 1. The fourth-order valence-corrected chi connectivity index (χ4v) is 3.37. The van der Waals surface area contributed by atoms with Gasteiger partial charge in [0, 0.05) is 10.0 Å². The van der Waals surface area contributed by atoms with E-state index in [1.807, 2.05) is 89.6 Å². The van der Waals surface area contributed by atoms with Crippen LogP contribution in [0.4, 0.5) is 0 Å². The van der Waals surface area contributed by atoms with Crippen LogP contribution in [0.5, 0.6) is 5.75 Å². The van der Waals surface area contributed by atoms with Crippen molar-refractivity contribution in [2.45, 2.75) is 0 Å². The summed E-state index contributed by atoms with van der Waals surface area (Å²) in [7, 11) is 0. The summed E-state index contributed by atoms with van der Waals surface area (Å²) in [5, 5.41) is 8.41. The average molecular weight is 475 g/mol. The van der Waals surface area contributed by atoms with Gasteiger partial charge in [0.1, 0.15) is 5.75 Å². The van der Waals surface area contributed by atoms with Gasteiger partial charge in [-0.2, -0.15) is 10.2 Å². The molecule has 0 unspecified atom stereocenters. The number of hydrogen-bond acceptors (Lipinski definition) is 4. The van der Waals surface area contributed by atoms with Crippen molar-refractivity contribution >= 4 is 28.1 Å². The maximum absolute atomic E-state index is 12.2. The maximum Gasteiger partial charge on any atom is 0.277 e. The first-order valence-electron chi connectivity index (χ1n) is 9.60. The van der Waals surface area contributed by atoms with Gasteiger partial charge in [0.05, 0.1) is 23.8 Å². The van der Waals surface area contributed by atoms with Crippen molar-refractivity contribution in [1.82, 2.24) is 15.2 Å². The highest BCUT2D eigenvalue weighted by Gasteiger charge is 2.14. The van der Waals surface area contributed by atoms with Crippen LogP contribution in [-0.4, -0.2) is 28.5 Å². The predicted octanol–water partition coefficient (Wildman–Crippen LogP) is 4.83. The third-order valence-electron chi connectivity index (χ3n) is 4.42. The zero-order valence-corrected chi connectivity index (χ0v) is 18.1. The number of nitrogens with one attached hydrogen (secondary N) is 1. The van der Waals surface area contributed by atoms with E-state index in [2.05, 4.69) is 31.6 Å². The van der Waals surface area contributed by atoms with E-state index >= 15 is 0 Å². The van der Waals surface area contributed by atoms with Crippen LogP contribution in [0.1, 0.15) is 5.56 Å². The standard InChI is InChI=1S/C24H19BrN4O2/c25-19-11-12-23(31-17-24(30)28-26-16-18-7-3-1-4-8-18)21(15-19)22-13-14-27-29(22)20-9-5-2-6-10-20/h1-16H,17H2,(H,28,30)/b26-16+. The minimum absolute atomic E-state index is 0.166. The van der Waals surface area contributed by atoms with Crippen molar-refractivity contribution in [3.63, 3.8) is 0 Å². The first kappa shape index (κ1) is 20.6. The first-order valence-corrected chi connectivity index (χ1v) is 10.4. The van der Waals surface area contributed by atoms with E-state index in [1.165, 1.54) is 0 Å². The van der Waals surface area contributed by atoms with Crippen LogP contribution in [0, 0.1) is 0 Å². The highest BCUT2D eigenvalue weighted by molar-refractivity contribution is 9.10. The van der Waals surface area contributed by atoms with Crippen LogP contribution in [0.2, 0.25) is 0 Å². The van der Waals surface area contributed by atoms with Gasteiger partial charge >= 0.3 is 0 Å². The Hall–Kier alpha value is -3.71. The van der Waals surface area contributed by atoms with Crippen LogP contribution in [0.15, 0.2) is 101 Å². The second-order valence-electron chi connectivity index (χ2n) is 6.60. The summed E-state index contributed by atoms with van der Waals surface area (Å²) in [6.07, 6.45) is 3.32. The van der Waals surface area contributed by atoms with E-state index in [0.717, 1.165) is 27.0 Å². The molecular formula is C24H19BrN4O2. The molecule has 0 atom stereocenters. The van der Waals surface area contributed by atoms with Crippen molar-refractivity contribution in [1.29, 1.82) is 0 Å². The van der Waals surface area contributed by atoms with Crippen LogP contribution in [-0.2, 0) is 4.79 Å².